The molecule has 0 aliphatic carbocycles. The highest BCUT2D eigenvalue weighted by Crippen LogP contribution is 2.30. The summed E-state index contributed by atoms with van der Waals surface area (Å²) in [5.74, 6) is 0.777. The second-order valence-electron chi connectivity index (χ2n) is 4.91. The van der Waals surface area contributed by atoms with Gasteiger partial charge in [0.15, 0.2) is 0 Å². The average Bonchev–Trinajstić information content (AvgIpc) is 2.57. The minimum Gasteiger partial charge on any atom is -0.480 e. The molecule has 2 aliphatic rings. The van der Waals surface area contributed by atoms with Gasteiger partial charge >= 0.3 is 0 Å². The fourth-order valence-electron chi connectivity index (χ4n) is 2.81. The Bertz CT molecular complexity index is 525. The van der Waals surface area contributed by atoms with Gasteiger partial charge in [0, 0.05) is 6.54 Å². The summed E-state index contributed by atoms with van der Waals surface area (Å²) < 4.78 is 5.69. The van der Waals surface area contributed by atoms with Crippen LogP contribution in [0.25, 0.3) is 0 Å². The van der Waals surface area contributed by atoms with Crippen molar-refractivity contribution in [3.8, 4) is 0 Å². The first-order valence-corrected chi connectivity index (χ1v) is 6.92. The highest BCUT2D eigenvalue weighted by molar-refractivity contribution is 6.04. The van der Waals surface area contributed by atoms with E-state index in [9.17, 15) is 4.79 Å². The van der Waals surface area contributed by atoms with Crippen molar-refractivity contribution in [3.63, 3.8) is 0 Å². The number of hydrogen-bond acceptors (Lipinski definition) is 3. The lowest BCUT2D eigenvalue weighted by molar-refractivity contribution is 0.0661. The minimum atomic E-state index is 0.00796. The third kappa shape index (κ3) is 2.11. The number of benzene rings is 1. The van der Waals surface area contributed by atoms with Gasteiger partial charge in [0.05, 0.1) is 17.9 Å². The van der Waals surface area contributed by atoms with E-state index in [-0.39, 0.29) is 11.9 Å². The second-order valence-corrected chi connectivity index (χ2v) is 4.91. The van der Waals surface area contributed by atoms with Crippen LogP contribution in [0.3, 0.4) is 0 Å². The number of piperidine rings is 1. The molecule has 19 heavy (non-hydrogen) atoms. The number of carbonyl (C=O) groups is 1. The summed E-state index contributed by atoms with van der Waals surface area (Å²) in [6, 6.07) is 7.53. The van der Waals surface area contributed by atoms with E-state index in [1.807, 2.05) is 36.1 Å². The molecule has 4 nitrogen and oxygen atoms in total. The molecule has 1 atom stereocenters. The van der Waals surface area contributed by atoms with Crippen molar-refractivity contribution >= 4 is 17.5 Å². The van der Waals surface area contributed by atoms with E-state index in [1.165, 1.54) is 0 Å². The van der Waals surface area contributed by atoms with Gasteiger partial charge in [0.1, 0.15) is 6.04 Å². The summed E-state index contributed by atoms with van der Waals surface area (Å²) in [4.78, 5) is 19.1. The van der Waals surface area contributed by atoms with E-state index >= 15 is 0 Å². The molecular weight excluding hydrogens is 240 g/mol. The molecule has 0 spiro atoms. The Balaban J connectivity index is 2.09. The van der Waals surface area contributed by atoms with Gasteiger partial charge in [-0.05, 0) is 38.3 Å². The van der Waals surface area contributed by atoms with Crippen LogP contribution >= 0.6 is 0 Å². The number of carbonyl (C=O) groups excluding carboxylic acids is 1. The molecule has 2 heterocycles. The average molecular weight is 258 g/mol. The summed E-state index contributed by atoms with van der Waals surface area (Å²) >= 11 is 0. The Morgan fingerprint density at radius 1 is 1.37 bits per heavy atom. The molecule has 3 rings (SSSR count). The van der Waals surface area contributed by atoms with Crippen molar-refractivity contribution in [3.05, 3.63) is 29.8 Å². The number of aliphatic imine (C=N–C) groups is 1. The molecule has 0 aromatic heterocycles. The van der Waals surface area contributed by atoms with Crippen LogP contribution in [0.15, 0.2) is 29.3 Å². The first kappa shape index (κ1) is 12.2. The Morgan fingerprint density at radius 2 is 2.21 bits per heavy atom. The van der Waals surface area contributed by atoms with Crippen molar-refractivity contribution in [2.75, 3.05) is 13.2 Å². The van der Waals surface area contributed by atoms with Gasteiger partial charge in [-0.25, -0.2) is 4.99 Å². The van der Waals surface area contributed by atoms with Crippen LogP contribution in [0.2, 0.25) is 0 Å². The van der Waals surface area contributed by atoms with E-state index in [0.717, 1.165) is 31.5 Å². The Hall–Kier alpha value is -1.84. The van der Waals surface area contributed by atoms with Crippen molar-refractivity contribution in [1.82, 2.24) is 4.90 Å². The highest BCUT2D eigenvalue weighted by atomic mass is 16.5. The van der Waals surface area contributed by atoms with Gasteiger partial charge in [-0.1, -0.05) is 12.1 Å². The second kappa shape index (κ2) is 5.03. The van der Waals surface area contributed by atoms with E-state index in [0.29, 0.717) is 18.1 Å². The molecule has 0 N–H and O–H groups in total. The van der Waals surface area contributed by atoms with Crippen LogP contribution < -0.4 is 0 Å². The summed E-state index contributed by atoms with van der Waals surface area (Å²) in [6.07, 6.45) is 3.12. The fourth-order valence-corrected chi connectivity index (χ4v) is 2.81. The number of fused-ring (bicyclic) bond motifs is 2. The zero-order chi connectivity index (χ0) is 13.2. The lowest BCUT2D eigenvalue weighted by Gasteiger charge is -2.34. The SMILES string of the molecule is CCOC1=Nc2ccccc2C(=O)N2CCCC[C@@H]12. The van der Waals surface area contributed by atoms with Gasteiger partial charge in [0.25, 0.3) is 5.91 Å². The molecular formula is C15H18N2O2. The first-order chi connectivity index (χ1) is 9.31. The minimum absolute atomic E-state index is 0.00796. The molecule has 1 aromatic carbocycles. The number of hydrogen-bond donors (Lipinski definition) is 0. The molecule has 0 radical (unpaired) electrons. The lowest BCUT2D eigenvalue weighted by atomic mass is 10.0. The molecule has 100 valence electrons. The Labute approximate surface area is 113 Å². The number of rotatable bonds is 1. The summed E-state index contributed by atoms with van der Waals surface area (Å²) in [5, 5.41) is 0. The summed E-state index contributed by atoms with van der Waals surface area (Å²) in [5.41, 5.74) is 1.41. The monoisotopic (exact) mass is 258 g/mol. The zero-order valence-electron chi connectivity index (χ0n) is 11.1. The van der Waals surface area contributed by atoms with Crippen molar-refractivity contribution in [1.29, 1.82) is 0 Å². The standard InChI is InChI=1S/C15H18N2O2/c1-2-19-14-13-9-5-6-10-17(13)15(18)11-7-3-4-8-12(11)16-14/h3-4,7-8,13H,2,5-6,9-10H2,1H3/t13-/m0/s1. The number of para-hydroxylation sites is 1. The van der Waals surface area contributed by atoms with Crippen LogP contribution in [0, 0.1) is 0 Å². The number of nitrogens with zero attached hydrogens (tertiary/aromatic N) is 2. The molecule has 2 aliphatic heterocycles. The largest absolute Gasteiger partial charge is 0.480 e. The summed E-state index contributed by atoms with van der Waals surface area (Å²) in [6.45, 7) is 3.33. The quantitative estimate of drug-likeness (QED) is 0.777. The maximum absolute atomic E-state index is 12.6. The Kier molecular flexibility index (Phi) is 3.23. The summed E-state index contributed by atoms with van der Waals surface area (Å²) in [7, 11) is 0. The maximum atomic E-state index is 12.6. The van der Waals surface area contributed by atoms with Crippen molar-refractivity contribution in [2.24, 2.45) is 4.99 Å². The normalized spacial score (nSPS) is 22.2. The van der Waals surface area contributed by atoms with Crippen LogP contribution in [0.1, 0.15) is 36.5 Å². The molecule has 0 bridgehead atoms. The van der Waals surface area contributed by atoms with E-state index in [4.69, 9.17) is 4.74 Å². The smallest absolute Gasteiger partial charge is 0.256 e. The highest BCUT2D eigenvalue weighted by Gasteiger charge is 2.35. The number of amides is 1. The third-order valence-electron chi connectivity index (χ3n) is 3.71. The molecule has 1 amide bonds. The predicted molar refractivity (Wildman–Crippen MR) is 73.8 cm³/mol. The molecule has 0 saturated carbocycles. The van der Waals surface area contributed by atoms with Crippen LogP contribution in [-0.2, 0) is 4.74 Å². The van der Waals surface area contributed by atoms with Gasteiger partial charge in [-0.2, -0.15) is 0 Å². The molecule has 0 unspecified atom stereocenters. The van der Waals surface area contributed by atoms with Gasteiger partial charge in [-0.15, -0.1) is 0 Å². The fraction of sp³-hybridized carbons (Fsp3) is 0.467. The molecule has 1 saturated heterocycles. The predicted octanol–water partition coefficient (Wildman–Crippen LogP) is 2.76. The maximum Gasteiger partial charge on any atom is 0.256 e. The van der Waals surface area contributed by atoms with E-state index < -0.39 is 0 Å². The lowest BCUT2D eigenvalue weighted by Crippen LogP contribution is -2.47. The van der Waals surface area contributed by atoms with Gasteiger partial charge in [0.2, 0.25) is 5.90 Å². The zero-order valence-corrected chi connectivity index (χ0v) is 11.1. The van der Waals surface area contributed by atoms with Crippen molar-refractivity contribution in [2.45, 2.75) is 32.2 Å². The van der Waals surface area contributed by atoms with Crippen molar-refractivity contribution < 1.29 is 9.53 Å². The van der Waals surface area contributed by atoms with Crippen LogP contribution in [0.4, 0.5) is 5.69 Å². The van der Waals surface area contributed by atoms with Crippen LogP contribution in [0.5, 0.6) is 0 Å². The topological polar surface area (TPSA) is 41.9 Å². The third-order valence-corrected chi connectivity index (χ3v) is 3.71. The van der Waals surface area contributed by atoms with E-state index in [1.54, 1.807) is 0 Å². The molecule has 4 heteroatoms. The first-order valence-electron chi connectivity index (χ1n) is 6.92. The van der Waals surface area contributed by atoms with Crippen LogP contribution in [-0.4, -0.2) is 35.9 Å². The van der Waals surface area contributed by atoms with Gasteiger partial charge < -0.3 is 9.64 Å². The molecule has 1 fully saturated rings. The Morgan fingerprint density at radius 3 is 3.05 bits per heavy atom. The van der Waals surface area contributed by atoms with E-state index in [2.05, 4.69) is 4.99 Å². The number of ether oxygens (including phenoxy) is 1. The molecule has 1 aromatic rings. The van der Waals surface area contributed by atoms with Gasteiger partial charge in [-0.3, -0.25) is 4.79 Å².